The maximum atomic E-state index is 14.5. The molecule has 3 fully saturated rings. The maximum absolute atomic E-state index is 14.5. The SMILES string of the molecule is C=CCN(CCCC)C(=O)C1N([C@@H](CO)[C@@H](C)CC)C(=O)[C@@H]2[C@@H](C(=O)N(CC=C)CCC)[C@@]3(C)CCC12S3. The number of amides is 3. The van der Waals surface area contributed by atoms with Gasteiger partial charge in [0.05, 0.1) is 29.2 Å². The van der Waals surface area contributed by atoms with Gasteiger partial charge in [-0.15, -0.1) is 24.9 Å². The van der Waals surface area contributed by atoms with Gasteiger partial charge in [-0.1, -0.05) is 52.7 Å². The fourth-order valence-electron chi connectivity index (χ4n) is 7.07. The lowest BCUT2D eigenvalue weighted by molar-refractivity contribution is -0.148. The number of nitrogens with zero attached hydrogens (tertiary/aromatic N) is 3. The molecule has 7 nitrogen and oxygen atoms in total. The van der Waals surface area contributed by atoms with Gasteiger partial charge in [-0.05, 0) is 38.5 Å². The van der Waals surface area contributed by atoms with E-state index in [1.807, 2.05) is 30.6 Å². The van der Waals surface area contributed by atoms with Crippen molar-refractivity contribution in [3.8, 4) is 0 Å². The van der Waals surface area contributed by atoms with Gasteiger partial charge in [-0.2, -0.15) is 0 Å². The molecule has 0 aromatic rings. The smallest absolute Gasteiger partial charge is 0.247 e. The summed E-state index contributed by atoms with van der Waals surface area (Å²) < 4.78 is -1.09. The highest BCUT2D eigenvalue weighted by Crippen LogP contribution is 2.72. The Bertz CT molecular complexity index is 912. The number of fused-ring (bicyclic) bond motifs is 1. The average molecular weight is 548 g/mol. The van der Waals surface area contributed by atoms with E-state index in [0.29, 0.717) is 32.6 Å². The molecule has 3 saturated heterocycles. The van der Waals surface area contributed by atoms with Crippen LogP contribution in [-0.2, 0) is 14.4 Å². The molecule has 38 heavy (non-hydrogen) atoms. The second kappa shape index (κ2) is 12.6. The van der Waals surface area contributed by atoms with Gasteiger partial charge in [0.25, 0.3) is 0 Å². The third-order valence-electron chi connectivity index (χ3n) is 9.16. The normalized spacial score (nSPS) is 31.2. The van der Waals surface area contributed by atoms with E-state index in [4.69, 9.17) is 0 Å². The Morgan fingerprint density at radius 3 is 2.26 bits per heavy atom. The summed E-state index contributed by atoms with van der Waals surface area (Å²) in [6.45, 7) is 19.9. The summed E-state index contributed by atoms with van der Waals surface area (Å²) in [5.74, 6) is -1.28. The number of thioether (sulfide) groups is 1. The molecule has 214 valence electrons. The predicted molar refractivity (Wildman–Crippen MR) is 155 cm³/mol. The molecule has 0 aromatic heterocycles. The van der Waals surface area contributed by atoms with E-state index in [9.17, 15) is 19.5 Å². The van der Waals surface area contributed by atoms with E-state index >= 15 is 0 Å². The van der Waals surface area contributed by atoms with Crippen molar-refractivity contribution in [2.75, 3.05) is 32.8 Å². The summed E-state index contributed by atoms with van der Waals surface area (Å²) in [5, 5.41) is 10.5. The minimum absolute atomic E-state index is 0.00672. The first kappa shape index (κ1) is 30.7. The van der Waals surface area contributed by atoms with Crippen LogP contribution in [0.2, 0.25) is 0 Å². The van der Waals surface area contributed by atoms with E-state index in [1.165, 1.54) is 0 Å². The molecule has 7 atom stereocenters. The number of carbonyl (C=O) groups is 3. The lowest BCUT2D eigenvalue weighted by atomic mass is 9.66. The summed E-state index contributed by atoms with van der Waals surface area (Å²) in [7, 11) is 0. The molecule has 2 unspecified atom stereocenters. The van der Waals surface area contributed by atoms with Crippen LogP contribution in [0.4, 0.5) is 0 Å². The molecule has 0 radical (unpaired) electrons. The van der Waals surface area contributed by atoms with Crippen LogP contribution < -0.4 is 0 Å². The monoisotopic (exact) mass is 547 g/mol. The Morgan fingerprint density at radius 1 is 1.11 bits per heavy atom. The molecule has 0 aliphatic carbocycles. The van der Waals surface area contributed by atoms with Crippen LogP contribution in [0, 0.1) is 17.8 Å². The van der Waals surface area contributed by atoms with Gasteiger partial charge < -0.3 is 19.8 Å². The summed E-state index contributed by atoms with van der Waals surface area (Å²) in [6.07, 6.45) is 8.40. The largest absolute Gasteiger partial charge is 0.394 e. The molecule has 0 aromatic carbocycles. The number of rotatable bonds is 15. The molecule has 1 N–H and O–H groups in total. The van der Waals surface area contributed by atoms with Gasteiger partial charge in [0.2, 0.25) is 17.7 Å². The Kier molecular flexibility index (Phi) is 10.2. The van der Waals surface area contributed by atoms with Crippen LogP contribution in [-0.4, -0.2) is 91.9 Å². The van der Waals surface area contributed by atoms with Crippen LogP contribution in [0.3, 0.4) is 0 Å². The van der Waals surface area contributed by atoms with Crippen molar-refractivity contribution < 1.29 is 19.5 Å². The molecule has 3 heterocycles. The average Bonchev–Trinajstić information content (AvgIpc) is 3.47. The van der Waals surface area contributed by atoms with Gasteiger partial charge in [0.1, 0.15) is 6.04 Å². The molecule has 3 aliphatic heterocycles. The van der Waals surface area contributed by atoms with Crippen molar-refractivity contribution in [2.45, 2.75) is 94.7 Å². The van der Waals surface area contributed by atoms with Crippen molar-refractivity contribution in [1.29, 1.82) is 0 Å². The van der Waals surface area contributed by atoms with Crippen LogP contribution >= 0.6 is 11.8 Å². The Hall–Kier alpha value is -1.80. The van der Waals surface area contributed by atoms with Gasteiger partial charge in [-0.25, -0.2) is 0 Å². The van der Waals surface area contributed by atoms with Gasteiger partial charge in [0, 0.05) is 30.9 Å². The topological polar surface area (TPSA) is 81.2 Å². The lowest BCUT2D eigenvalue weighted by Crippen LogP contribution is -2.58. The summed E-state index contributed by atoms with van der Waals surface area (Å²) in [6, 6.07) is -1.17. The number of likely N-dealkylation sites (tertiary alicyclic amines) is 1. The van der Waals surface area contributed by atoms with Crippen LogP contribution in [0.25, 0.3) is 0 Å². The van der Waals surface area contributed by atoms with E-state index in [0.717, 1.165) is 32.1 Å². The van der Waals surface area contributed by atoms with Gasteiger partial charge >= 0.3 is 0 Å². The third-order valence-corrected chi connectivity index (χ3v) is 11.1. The molecule has 3 amide bonds. The number of aliphatic hydroxyl groups excluding tert-OH is 1. The highest BCUT2D eigenvalue weighted by Gasteiger charge is 2.78. The number of unbranched alkanes of at least 4 members (excludes halogenated alkanes) is 1. The fraction of sp³-hybridized carbons (Fsp3) is 0.767. The Labute approximate surface area is 234 Å². The number of carbonyl (C=O) groups excluding carboxylic acids is 3. The maximum Gasteiger partial charge on any atom is 0.247 e. The predicted octanol–water partition coefficient (Wildman–Crippen LogP) is 4.11. The number of aliphatic hydroxyl groups is 1. The standard InChI is InChI=1S/C30H49N3O4S/c1-8-13-19-32(18-11-4)28(37)25-30-15-14-29(7,38-30)23(26(35)31(16-9-2)17-10-3)24(30)27(36)33(25)22(20-34)21(6)12-5/h9,11,21-25,34H,2,4,8,10,12-20H2,1,3,5-7H3/t21-,22-,23-,24-,25?,29+,30?/m0/s1. The Balaban J connectivity index is 2.15. The minimum atomic E-state index is -0.702. The third kappa shape index (κ3) is 5.07. The second-order valence-corrected chi connectivity index (χ2v) is 13.5. The van der Waals surface area contributed by atoms with E-state index in [2.05, 4.69) is 27.0 Å². The van der Waals surface area contributed by atoms with Crippen LogP contribution in [0.1, 0.15) is 73.1 Å². The van der Waals surface area contributed by atoms with E-state index in [1.54, 1.807) is 28.8 Å². The minimum Gasteiger partial charge on any atom is -0.394 e. The first-order chi connectivity index (χ1) is 18.1. The van der Waals surface area contributed by atoms with Crippen molar-refractivity contribution in [3.05, 3.63) is 25.3 Å². The Morgan fingerprint density at radius 2 is 1.74 bits per heavy atom. The lowest BCUT2D eigenvalue weighted by Gasteiger charge is -2.41. The molecule has 0 saturated carbocycles. The zero-order chi connectivity index (χ0) is 28.3. The molecule has 8 heteroatoms. The molecular weight excluding hydrogens is 498 g/mol. The quantitative estimate of drug-likeness (QED) is 0.312. The zero-order valence-corrected chi connectivity index (χ0v) is 25.0. The van der Waals surface area contributed by atoms with Crippen molar-refractivity contribution in [3.63, 3.8) is 0 Å². The molecule has 1 spiro atoms. The first-order valence-corrected chi connectivity index (χ1v) is 15.4. The van der Waals surface area contributed by atoms with Crippen molar-refractivity contribution in [1.82, 2.24) is 14.7 Å². The van der Waals surface area contributed by atoms with Gasteiger partial charge in [0.15, 0.2) is 0 Å². The highest BCUT2D eigenvalue weighted by molar-refractivity contribution is 8.02. The summed E-state index contributed by atoms with van der Waals surface area (Å²) >= 11 is 1.70. The van der Waals surface area contributed by atoms with E-state index in [-0.39, 0.29) is 30.2 Å². The van der Waals surface area contributed by atoms with Crippen molar-refractivity contribution in [2.24, 2.45) is 17.8 Å². The van der Waals surface area contributed by atoms with Gasteiger partial charge in [-0.3, -0.25) is 14.4 Å². The van der Waals surface area contributed by atoms with Crippen LogP contribution in [0.5, 0.6) is 0 Å². The molecule has 2 bridgehead atoms. The molecule has 3 aliphatic rings. The molecular formula is C30H49N3O4S. The van der Waals surface area contributed by atoms with Crippen molar-refractivity contribution >= 4 is 29.5 Å². The number of hydrogen-bond acceptors (Lipinski definition) is 5. The zero-order valence-electron chi connectivity index (χ0n) is 24.2. The summed E-state index contributed by atoms with van der Waals surface area (Å²) in [5.41, 5.74) is 0. The highest BCUT2D eigenvalue weighted by atomic mass is 32.2. The van der Waals surface area contributed by atoms with Crippen LogP contribution in [0.15, 0.2) is 25.3 Å². The first-order valence-electron chi connectivity index (χ1n) is 14.5. The summed E-state index contributed by atoms with van der Waals surface area (Å²) in [4.78, 5) is 48.5. The second-order valence-electron chi connectivity index (χ2n) is 11.6. The number of hydrogen-bond donors (Lipinski definition) is 1. The fourth-order valence-corrected chi connectivity index (χ4v) is 9.40. The van der Waals surface area contributed by atoms with E-state index < -0.39 is 33.4 Å². The molecule has 3 rings (SSSR count).